The van der Waals surface area contributed by atoms with Crippen LogP contribution in [0.5, 0.6) is 0 Å². The quantitative estimate of drug-likeness (QED) is 0.732. The molecule has 1 saturated carbocycles. The number of hydrogen-bond acceptors (Lipinski definition) is 6. The van der Waals surface area contributed by atoms with Crippen molar-refractivity contribution in [2.75, 3.05) is 7.11 Å². The van der Waals surface area contributed by atoms with Crippen molar-refractivity contribution in [2.45, 2.75) is 37.5 Å². The molecule has 1 aromatic heterocycles. The summed E-state index contributed by atoms with van der Waals surface area (Å²) in [5.41, 5.74) is 0.631. The molecule has 26 heavy (non-hydrogen) atoms. The first-order valence-electron chi connectivity index (χ1n) is 8.43. The Kier molecular flexibility index (Phi) is 5.38. The Balaban J connectivity index is 1.69. The van der Waals surface area contributed by atoms with E-state index in [1.807, 2.05) is 11.6 Å². The van der Waals surface area contributed by atoms with Crippen LogP contribution in [0.3, 0.4) is 0 Å². The SMILES string of the molecule is COC(=O)c1ccccc1CS(=O)(=O)NCc1nnc(C2CCC2)n1C. The molecule has 0 saturated heterocycles. The number of carbonyl (C=O) groups is 1. The van der Waals surface area contributed by atoms with Crippen molar-refractivity contribution in [1.82, 2.24) is 19.5 Å². The summed E-state index contributed by atoms with van der Waals surface area (Å²) in [5, 5.41) is 8.29. The maximum absolute atomic E-state index is 12.4. The number of aromatic nitrogens is 3. The largest absolute Gasteiger partial charge is 0.465 e. The molecule has 3 rings (SSSR count). The molecule has 1 N–H and O–H groups in total. The number of sulfonamides is 1. The van der Waals surface area contributed by atoms with E-state index in [0.29, 0.717) is 17.3 Å². The molecule has 140 valence electrons. The molecule has 9 heteroatoms. The third-order valence-electron chi connectivity index (χ3n) is 4.69. The third-order valence-corrected chi connectivity index (χ3v) is 5.96. The Bertz CT molecular complexity index is 903. The number of rotatable bonds is 7. The zero-order valence-corrected chi connectivity index (χ0v) is 15.6. The van der Waals surface area contributed by atoms with E-state index in [1.165, 1.54) is 13.5 Å². The van der Waals surface area contributed by atoms with Gasteiger partial charge < -0.3 is 9.30 Å². The number of nitrogens with zero attached hydrogens (tertiary/aromatic N) is 3. The van der Waals surface area contributed by atoms with Gasteiger partial charge in [-0.2, -0.15) is 0 Å². The predicted octanol–water partition coefficient (Wildman–Crippen LogP) is 1.49. The molecular formula is C17H22N4O4S. The minimum Gasteiger partial charge on any atom is -0.465 e. The topological polar surface area (TPSA) is 103 Å². The molecule has 1 aliphatic rings. The minimum absolute atomic E-state index is 0.0545. The second-order valence-corrected chi connectivity index (χ2v) is 8.20. The summed E-state index contributed by atoms with van der Waals surface area (Å²) in [7, 11) is -0.541. The van der Waals surface area contributed by atoms with Gasteiger partial charge in [0.05, 0.1) is 25.0 Å². The highest BCUT2D eigenvalue weighted by atomic mass is 32.2. The van der Waals surface area contributed by atoms with E-state index in [1.54, 1.807) is 24.3 Å². The van der Waals surface area contributed by atoms with Gasteiger partial charge >= 0.3 is 5.97 Å². The fourth-order valence-corrected chi connectivity index (χ4v) is 4.05. The van der Waals surface area contributed by atoms with Crippen LogP contribution in [0, 0.1) is 0 Å². The Morgan fingerprint density at radius 2 is 2.04 bits per heavy atom. The molecule has 0 aliphatic heterocycles. The number of methoxy groups -OCH3 is 1. The Hall–Kier alpha value is -2.26. The second kappa shape index (κ2) is 7.55. The molecule has 0 spiro atoms. The van der Waals surface area contributed by atoms with Gasteiger partial charge in [-0.3, -0.25) is 0 Å². The smallest absolute Gasteiger partial charge is 0.338 e. The van der Waals surface area contributed by atoms with Crippen LogP contribution in [-0.2, 0) is 34.1 Å². The van der Waals surface area contributed by atoms with Gasteiger partial charge in [-0.25, -0.2) is 17.9 Å². The first-order chi connectivity index (χ1) is 12.4. The van der Waals surface area contributed by atoms with Gasteiger partial charge in [-0.1, -0.05) is 24.6 Å². The fourth-order valence-electron chi connectivity index (χ4n) is 2.94. The molecule has 8 nitrogen and oxygen atoms in total. The van der Waals surface area contributed by atoms with Crippen molar-refractivity contribution < 1.29 is 17.9 Å². The maximum atomic E-state index is 12.4. The fraction of sp³-hybridized carbons (Fsp3) is 0.471. The molecule has 0 unspecified atom stereocenters. The first kappa shape index (κ1) is 18.5. The van der Waals surface area contributed by atoms with Crippen molar-refractivity contribution in [2.24, 2.45) is 7.05 Å². The molecule has 0 radical (unpaired) electrons. The predicted molar refractivity (Wildman–Crippen MR) is 94.8 cm³/mol. The second-order valence-electron chi connectivity index (χ2n) is 6.39. The van der Waals surface area contributed by atoms with Crippen LogP contribution in [0.1, 0.15) is 52.8 Å². The molecule has 1 aromatic carbocycles. The van der Waals surface area contributed by atoms with E-state index in [2.05, 4.69) is 14.9 Å². The molecule has 2 aromatic rings. The maximum Gasteiger partial charge on any atom is 0.338 e. The summed E-state index contributed by atoms with van der Waals surface area (Å²) in [6, 6.07) is 6.49. The molecule has 0 bridgehead atoms. The van der Waals surface area contributed by atoms with Crippen LogP contribution in [0.2, 0.25) is 0 Å². The molecule has 1 aliphatic carbocycles. The number of carbonyl (C=O) groups excluding carboxylic acids is 1. The van der Waals surface area contributed by atoms with Gasteiger partial charge in [0.25, 0.3) is 0 Å². The summed E-state index contributed by atoms with van der Waals surface area (Å²) < 4.78 is 34.0. The van der Waals surface area contributed by atoms with Crippen molar-refractivity contribution >= 4 is 16.0 Å². The summed E-state index contributed by atoms with van der Waals surface area (Å²) in [4.78, 5) is 11.8. The van der Waals surface area contributed by atoms with Crippen LogP contribution >= 0.6 is 0 Å². The standard InChI is InChI=1S/C17H22N4O4S/c1-21-15(19-20-16(21)12-7-5-8-12)10-18-26(23,24)11-13-6-3-4-9-14(13)17(22)25-2/h3-4,6,9,12,18H,5,7-8,10-11H2,1-2H3. The van der Waals surface area contributed by atoms with Crippen molar-refractivity contribution in [1.29, 1.82) is 0 Å². The van der Waals surface area contributed by atoms with Crippen molar-refractivity contribution in [3.8, 4) is 0 Å². The number of esters is 1. The number of ether oxygens (including phenoxy) is 1. The summed E-state index contributed by atoms with van der Waals surface area (Å²) in [6.45, 7) is 0.0545. The average molecular weight is 378 g/mol. The Morgan fingerprint density at radius 3 is 2.69 bits per heavy atom. The Labute approximate surface area is 152 Å². The Morgan fingerprint density at radius 1 is 1.31 bits per heavy atom. The van der Waals surface area contributed by atoms with E-state index in [9.17, 15) is 13.2 Å². The van der Waals surface area contributed by atoms with Gasteiger partial charge in [-0.05, 0) is 24.5 Å². The summed E-state index contributed by atoms with van der Waals surface area (Å²) in [6.07, 6.45) is 3.39. The van der Waals surface area contributed by atoms with Crippen LogP contribution in [0.15, 0.2) is 24.3 Å². The molecule has 1 fully saturated rings. The van der Waals surface area contributed by atoms with Gasteiger partial charge in [0, 0.05) is 13.0 Å². The summed E-state index contributed by atoms with van der Waals surface area (Å²) in [5.74, 6) is 1.02. The molecule has 0 amide bonds. The zero-order chi connectivity index (χ0) is 18.7. The van der Waals surface area contributed by atoms with Crippen molar-refractivity contribution in [3.05, 3.63) is 47.0 Å². The van der Waals surface area contributed by atoms with Crippen LogP contribution in [0.4, 0.5) is 0 Å². The minimum atomic E-state index is -3.66. The highest BCUT2D eigenvalue weighted by Gasteiger charge is 2.25. The van der Waals surface area contributed by atoms with E-state index in [0.717, 1.165) is 18.7 Å². The van der Waals surface area contributed by atoms with Gasteiger partial charge in [0.2, 0.25) is 10.0 Å². The highest BCUT2D eigenvalue weighted by Crippen LogP contribution is 2.35. The molecular weight excluding hydrogens is 356 g/mol. The van der Waals surface area contributed by atoms with E-state index < -0.39 is 16.0 Å². The van der Waals surface area contributed by atoms with Crippen LogP contribution in [0.25, 0.3) is 0 Å². The zero-order valence-electron chi connectivity index (χ0n) is 14.8. The third kappa shape index (κ3) is 3.94. The lowest BCUT2D eigenvalue weighted by atomic mass is 9.85. The number of hydrogen-bond donors (Lipinski definition) is 1. The highest BCUT2D eigenvalue weighted by molar-refractivity contribution is 7.88. The first-order valence-corrected chi connectivity index (χ1v) is 10.1. The van der Waals surface area contributed by atoms with Gasteiger partial charge in [0.15, 0.2) is 0 Å². The van der Waals surface area contributed by atoms with E-state index in [-0.39, 0.29) is 17.9 Å². The van der Waals surface area contributed by atoms with Gasteiger partial charge in [0.1, 0.15) is 11.6 Å². The average Bonchev–Trinajstić information content (AvgIpc) is 2.92. The summed E-state index contributed by atoms with van der Waals surface area (Å²) >= 11 is 0. The van der Waals surface area contributed by atoms with E-state index in [4.69, 9.17) is 4.74 Å². The van der Waals surface area contributed by atoms with Crippen LogP contribution < -0.4 is 4.72 Å². The lowest BCUT2D eigenvalue weighted by Gasteiger charge is -2.24. The number of benzene rings is 1. The molecule has 1 heterocycles. The van der Waals surface area contributed by atoms with Crippen molar-refractivity contribution in [3.63, 3.8) is 0 Å². The van der Waals surface area contributed by atoms with E-state index >= 15 is 0 Å². The number of nitrogens with one attached hydrogen (secondary N) is 1. The normalized spacial score (nSPS) is 14.8. The lowest BCUT2D eigenvalue weighted by molar-refractivity contribution is 0.0600. The van der Waals surface area contributed by atoms with Gasteiger partial charge in [-0.15, -0.1) is 10.2 Å². The monoisotopic (exact) mass is 378 g/mol. The molecule has 0 atom stereocenters. The lowest BCUT2D eigenvalue weighted by Crippen LogP contribution is -2.27. The van der Waals surface area contributed by atoms with Crippen LogP contribution in [-0.4, -0.2) is 36.3 Å².